The number of ketones is 1. The topological polar surface area (TPSA) is 108 Å². The monoisotopic (exact) mass is 584 g/mol. The van der Waals surface area contributed by atoms with Gasteiger partial charge in [0, 0.05) is 29.8 Å². The Morgan fingerprint density at radius 3 is 2.46 bits per heavy atom. The van der Waals surface area contributed by atoms with Crippen LogP contribution in [0.15, 0.2) is 23.8 Å². The van der Waals surface area contributed by atoms with E-state index in [1.165, 1.54) is 26.2 Å². The summed E-state index contributed by atoms with van der Waals surface area (Å²) in [6.07, 6.45) is 0.319. The molecule has 5 rings (SSSR count). The standard InChI is InChI=1S/C30H39F3O8/c1-16-11-18-19-13-21(32)20-12-17(34)9-10-27(20,2)29(19,33)24(35)14-28(18,3)30(16,25(36)39-15-31)41-26(37)40-23-8-6-5-7-22(23)38-4/h9-10,12,16,18-19,21-24,35H,5-8,11,13-15H2,1-4H3/t16-,18+,19+,21+,22+,23+,24+,27+,28+,29+,30+/m1/s1. The third-order valence-corrected chi connectivity index (χ3v) is 11.1. The van der Waals surface area contributed by atoms with Crippen LogP contribution in [0.2, 0.25) is 0 Å². The molecule has 0 heterocycles. The summed E-state index contributed by atoms with van der Waals surface area (Å²) >= 11 is 0. The van der Waals surface area contributed by atoms with Gasteiger partial charge < -0.3 is 24.1 Å². The SMILES string of the molecule is CO[C@H]1CCCC[C@@H]1OC(=O)O[C@]1(C(=O)OCF)[C@H](C)C[C@H]2[C@@H]3C[C@H](F)C4=CC(=O)C=C[C@]4(C)[C@@]3(F)[C@@H](O)C[C@@]21C. The van der Waals surface area contributed by atoms with Crippen molar-refractivity contribution in [3.63, 3.8) is 0 Å². The lowest BCUT2D eigenvalue weighted by molar-refractivity contribution is -0.236. The Hall–Kier alpha value is -2.40. The molecule has 8 nitrogen and oxygen atoms in total. The molecule has 41 heavy (non-hydrogen) atoms. The van der Waals surface area contributed by atoms with E-state index in [9.17, 15) is 23.9 Å². The van der Waals surface area contributed by atoms with Crippen LogP contribution in [0.5, 0.6) is 0 Å². The van der Waals surface area contributed by atoms with E-state index in [1.54, 1.807) is 13.8 Å². The molecule has 0 saturated heterocycles. The minimum absolute atomic E-state index is 0.0273. The van der Waals surface area contributed by atoms with E-state index in [-0.39, 0.29) is 30.9 Å². The van der Waals surface area contributed by atoms with Crippen molar-refractivity contribution in [2.45, 2.75) is 101 Å². The van der Waals surface area contributed by atoms with Crippen molar-refractivity contribution in [1.29, 1.82) is 0 Å². The van der Waals surface area contributed by atoms with Gasteiger partial charge in [0.05, 0.1) is 12.2 Å². The van der Waals surface area contributed by atoms with Crippen LogP contribution in [-0.2, 0) is 28.5 Å². The van der Waals surface area contributed by atoms with Gasteiger partial charge in [0.25, 0.3) is 0 Å². The number of aliphatic hydroxyl groups is 1. The maximum absolute atomic E-state index is 17.5. The first-order valence-corrected chi connectivity index (χ1v) is 14.4. The van der Waals surface area contributed by atoms with Crippen LogP contribution in [0, 0.1) is 28.6 Å². The van der Waals surface area contributed by atoms with E-state index in [0.29, 0.717) is 12.8 Å². The predicted octanol–water partition coefficient (Wildman–Crippen LogP) is 4.87. The number of hydrogen-bond acceptors (Lipinski definition) is 8. The predicted molar refractivity (Wildman–Crippen MR) is 139 cm³/mol. The Kier molecular flexibility index (Phi) is 7.63. The van der Waals surface area contributed by atoms with Gasteiger partial charge in [0.1, 0.15) is 12.3 Å². The Balaban J connectivity index is 1.54. The highest BCUT2D eigenvalue weighted by Crippen LogP contribution is 2.71. The third-order valence-electron chi connectivity index (χ3n) is 11.1. The van der Waals surface area contributed by atoms with Crippen molar-refractivity contribution < 1.29 is 51.6 Å². The largest absolute Gasteiger partial charge is 0.509 e. The molecule has 4 fully saturated rings. The van der Waals surface area contributed by atoms with Gasteiger partial charge in [-0.05, 0) is 69.1 Å². The molecule has 5 aliphatic rings. The van der Waals surface area contributed by atoms with Crippen LogP contribution in [-0.4, -0.2) is 72.7 Å². The highest BCUT2D eigenvalue weighted by molar-refractivity contribution is 6.01. The summed E-state index contributed by atoms with van der Waals surface area (Å²) in [5.74, 6) is -4.32. The molecule has 0 aromatic heterocycles. The van der Waals surface area contributed by atoms with Gasteiger partial charge in [-0.3, -0.25) is 4.79 Å². The number of methoxy groups -OCH3 is 1. The Morgan fingerprint density at radius 1 is 1.12 bits per heavy atom. The summed E-state index contributed by atoms with van der Waals surface area (Å²) in [5, 5.41) is 11.6. The number of alkyl halides is 3. The van der Waals surface area contributed by atoms with Gasteiger partial charge in [0.2, 0.25) is 12.5 Å². The van der Waals surface area contributed by atoms with Crippen LogP contribution in [0.25, 0.3) is 0 Å². The highest BCUT2D eigenvalue weighted by atomic mass is 19.1. The number of carbonyl (C=O) groups excluding carboxylic acids is 3. The summed E-state index contributed by atoms with van der Waals surface area (Å²) < 4.78 is 68.4. The maximum atomic E-state index is 17.5. The molecule has 0 aromatic carbocycles. The highest BCUT2D eigenvalue weighted by Gasteiger charge is 2.79. The molecule has 0 bridgehead atoms. The van der Waals surface area contributed by atoms with Crippen LogP contribution in [0.4, 0.5) is 18.0 Å². The lowest BCUT2D eigenvalue weighted by Gasteiger charge is -2.62. The zero-order valence-corrected chi connectivity index (χ0v) is 23.9. The van der Waals surface area contributed by atoms with Crippen LogP contribution < -0.4 is 0 Å². The van der Waals surface area contributed by atoms with Crippen LogP contribution in [0.3, 0.4) is 0 Å². The molecule has 11 heteroatoms. The summed E-state index contributed by atoms with van der Waals surface area (Å²) in [6, 6.07) is 0. The zero-order chi connectivity index (χ0) is 30.0. The van der Waals surface area contributed by atoms with Gasteiger partial charge in [-0.2, -0.15) is 0 Å². The first-order valence-electron chi connectivity index (χ1n) is 14.4. The van der Waals surface area contributed by atoms with Gasteiger partial charge in [-0.1, -0.05) is 26.3 Å². The second kappa shape index (κ2) is 10.4. The van der Waals surface area contributed by atoms with Crippen molar-refractivity contribution in [3.8, 4) is 0 Å². The van der Waals surface area contributed by atoms with Crippen molar-refractivity contribution in [2.24, 2.45) is 28.6 Å². The average Bonchev–Trinajstić information content (AvgIpc) is 3.14. The number of carbonyl (C=O) groups is 3. The zero-order valence-electron chi connectivity index (χ0n) is 23.9. The molecule has 0 amide bonds. The number of allylic oxidation sites excluding steroid dienone is 4. The smallest absolute Gasteiger partial charge is 0.431 e. The van der Waals surface area contributed by atoms with Gasteiger partial charge in [0.15, 0.2) is 11.5 Å². The summed E-state index contributed by atoms with van der Waals surface area (Å²) in [6.45, 7) is 3.18. The average molecular weight is 585 g/mol. The molecular weight excluding hydrogens is 545 g/mol. The molecule has 4 saturated carbocycles. The number of fused-ring (bicyclic) bond motifs is 5. The maximum Gasteiger partial charge on any atom is 0.509 e. The molecule has 0 radical (unpaired) electrons. The van der Waals surface area contributed by atoms with Crippen molar-refractivity contribution in [3.05, 3.63) is 23.8 Å². The fourth-order valence-corrected chi connectivity index (χ4v) is 9.12. The fraction of sp³-hybridized carbons (Fsp3) is 0.767. The van der Waals surface area contributed by atoms with E-state index in [2.05, 4.69) is 0 Å². The summed E-state index contributed by atoms with van der Waals surface area (Å²) in [4.78, 5) is 39.0. The van der Waals surface area contributed by atoms with Gasteiger partial charge in [-0.15, -0.1) is 0 Å². The molecule has 0 unspecified atom stereocenters. The number of ether oxygens (including phenoxy) is 4. The number of halogens is 3. The van der Waals surface area contributed by atoms with E-state index >= 15 is 8.78 Å². The first kappa shape index (κ1) is 30.1. The summed E-state index contributed by atoms with van der Waals surface area (Å²) in [5.41, 5.74) is -7.64. The molecule has 1 N–H and O–H groups in total. The van der Waals surface area contributed by atoms with E-state index < -0.39 is 83.0 Å². The Morgan fingerprint density at radius 2 is 1.80 bits per heavy atom. The fourth-order valence-electron chi connectivity index (χ4n) is 9.12. The van der Waals surface area contributed by atoms with E-state index in [1.807, 2.05) is 0 Å². The molecule has 11 atom stereocenters. The van der Waals surface area contributed by atoms with Gasteiger partial charge in [-0.25, -0.2) is 22.8 Å². The Bertz CT molecular complexity index is 1160. The second-order valence-corrected chi connectivity index (χ2v) is 12.8. The number of hydrogen-bond donors (Lipinski definition) is 1. The molecule has 0 aromatic rings. The first-order chi connectivity index (χ1) is 19.3. The quantitative estimate of drug-likeness (QED) is 0.456. The lowest BCUT2D eigenvalue weighted by Crippen LogP contribution is -2.71. The normalized spacial score (nSPS) is 47.0. The van der Waals surface area contributed by atoms with Crippen molar-refractivity contribution in [1.82, 2.24) is 0 Å². The number of rotatable bonds is 5. The molecule has 228 valence electrons. The second-order valence-electron chi connectivity index (χ2n) is 12.8. The molecule has 0 aliphatic heterocycles. The summed E-state index contributed by atoms with van der Waals surface area (Å²) in [7, 11) is 1.51. The van der Waals surface area contributed by atoms with Crippen molar-refractivity contribution >= 4 is 17.9 Å². The Labute approximate surface area is 237 Å². The van der Waals surface area contributed by atoms with Crippen LogP contribution >= 0.6 is 0 Å². The van der Waals surface area contributed by atoms with Crippen molar-refractivity contribution in [2.75, 3.05) is 14.0 Å². The molecular formula is C30H39F3O8. The minimum Gasteiger partial charge on any atom is -0.431 e. The number of aliphatic hydroxyl groups excluding tert-OH is 1. The molecule has 5 aliphatic carbocycles. The van der Waals surface area contributed by atoms with Crippen LogP contribution in [0.1, 0.15) is 65.7 Å². The minimum atomic E-state index is -2.39. The van der Waals surface area contributed by atoms with E-state index in [4.69, 9.17) is 18.9 Å². The lowest BCUT2D eigenvalue weighted by atomic mass is 9.44. The third kappa shape index (κ3) is 4.12. The van der Waals surface area contributed by atoms with Gasteiger partial charge >= 0.3 is 12.1 Å². The number of esters is 1. The molecule has 0 spiro atoms. The van der Waals surface area contributed by atoms with E-state index in [0.717, 1.165) is 18.9 Å².